The number of aromatic carboxylic acids is 1. The molecule has 3 aromatic heterocycles. The van der Waals surface area contributed by atoms with Gasteiger partial charge < -0.3 is 18.8 Å². The average molecular weight is 292 g/mol. The highest BCUT2D eigenvalue weighted by atomic mass is 32.1. The van der Waals surface area contributed by atoms with Gasteiger partial charge in [0.1, 0.15) is 5.75 Å². The van der Waals surface area contributed by atoms with E-state index in [0.717, 1.165) is 11.3 Å². The first kappa shape index (κ1) is 12.4. The summed E-state index contributed by atoms with van der Waals surface area (Å²) >= 11 is 1.09. The molecule has 0 fully saturated rings. The Kier molecular flexibility index (Phi) is 3.21. The fraction of sp³-hybridized carbons (Fsp3) is 0.0833. The van der Waals surface area contributed by atoms with Crippen molar-refractivity contribution in [3.8, 4) is 17.3 Å². The maximum absolute atomic E-state index is 10.9. The maximum Gasteiger partial charge on any atom is 0.349 e. The first-order chi connectivity index (χ1) is 9.74. The number of carboxylic acids is 1. The molecule has 8 heteroatoms. The molecule has 0 aromatic carbocycles. The summed E-state index contributed by atoms with van der Waals surface area (Å²) in [4.78, 5) is 15.1. The van der Waals surface area contributed by atoms with Gasteiger partial charge in [0.2, 0.25) is 5.82 Å². The van der Waals surface area contributed by atoms with Gasteiger partial charge in [0.05, 0.1) is 6.26 Å². The molecule has 3 heterocycles. The Balaban J connectivity index is 1.70. The van der Waals surface area contributed by atoms with Crippen LogP contribution in [-0.4, -0.2) is 21.2 Å². The van der Waals surface area contributed by atoms with Crippen molar-refractivity contribution in [2.24, 2.45) is 0 Å². The number of hydrogen-bond acceptors (Lipinski definition) is 7. The van der Waals surface area contributed by atoms with Crippen molar-refractivity contribution in [2.75, 3.05) is 0 Å². The van der Waals surface area contributed by atoms with E-state index < -0.39 is 5.97 Å². The van der Waals surface area contributed by atoms with Crippen molar-refractivity contribution in [1.82, 2.24) is 10.1 Å². The monoisotopic (exact) mass is 292 g/mol. The smallest absolute Gasteiger partial charge is 0.349 e. The zero-order valence-corrected chi connectivity index (χ0v) is 10.8. The molecule has 0 aliphatic rings. The van der Waals surface area contributed by atoms with Crippen LogP contribution in [0.2, 0.25) is 0 Å². The van der Waals surface area contributed by atoms with E-state index in [4.69, 9.17) is 18.8 Å². The molecule has 7 nitrogen and oxygen atoms in total. The average Bonchev–Trinajstić information content (AvgIpc) is 3.16. The fourth-order valence-electron chi connectivity index (χ4n) is 1.53. The molecule has 0 aliphatic carbocycles. The summed E-state index contributed by atoms with van der Waals surface area (Å²) in [5.41, 5.74) is 0. The van der Waals surface area contributed by atoms with Crippen LogP contribution in [0.3, 0.4) is 0 Å². The van der Waals surface area contributed by atoms with Gasteiger partial charge in [-0.05, 0) is 23.6 Å². The molecule has 3 rings (SSSR count). The van der Waals surface area contributed by atoms with Crippen LogP contribution in [-0.2, 0) is 6.61 Å². The van der Waals surface area contributed by atoms with E-state index in [0.29, 0.717) is 11.6 Å². The molecule has 0 saturated carbocycles. The van der Waals surface area contributed by atoms with Crippen LogP contribution in [0.15, 0.2) is 38.8 Å². The Bertz CT molecular complexity index is 716. The van der Waals surface area contributed by atoms with Crippen LogP contribution in [0, 0.1) is 0 Å². The number of carboxylic acid groups (broad SMARTS) is 1. The Morgan fingerprint density at radius 3 is 3.10 bits per heavy atom. The van der Waals surface area contributed by atoms with Crippen molar-refractivity contribution in [1.29, 1.82) is 0 Å². The second-order valence-corrected chi connectivity index (χ2v) is 4.61. The molecule has 102 valence electrons. The lowest BCUT2D eigenvalue weighted by atomic mass is 10.4. The van der Waals surface area contributed by atoms with Gasteiger partial charge in [-0.3, -0.25) is 0 Å². The Morgan fingerprint density at radius 2 is 2.35 bits per heavy atom. The molecule has 0 spiro atoms. The van der Waals surface area contributed by atoms with Gasteiger partial charge in [-0.2, -0.15) is 4.98 Å². The summed E-state index contributed by atoms with van der Waals surface area (Å²) < 4.78 is 15.5. The quantitative estimate of drug-likeness (QED) is 0.771. The Hall–Kier alpha value is -2.61. The van der Waals surface area contributed by atoms with E-state index in [1.165, 1.54) is 6.26 Å². The molecule has 3 aromatic rings. The van der Waals surface area contributed by atoms with E-state index in [2.05, 4.69) is 10.1 Å². The molecule has 0 aliphatic heterocycles. The third kappa shape index (κ3) is 2.41. The molecule has 20 heavy (non-hydrogen) atoms. The third-order valence-electron chi connectivity index (χ3n) is 2.38. The number of rotatable bonds is 5. The highest BCUT2D eigenvalue weighted by molar-refractivity contribution is 7.12. The topological polar surface area (TPSA) is 98.6 Å². The molecule has 0 bridgehead atoms. The normalized spacial score (nSPS) is 10.6. The molecule has 0 atom stereocenters. The van der Waals surface area contributed by atoms with Gasteiger partial charge >= 0.3 is 5.97 Å². The number of carbonyl (C=O) groups is 1. The van der Waals surface area contributed by atoms with Crippen LogP contribution < -0.4 is 4.74 Å². The van der Waals surface area contributed by atoms with E-state index in [1.54, 1.807) is 23.6 Å². The lowest BCUT2D eigenvalue weighted by Gasteiger charge is -2.00. The number of nitrogens with zero attached hydrogens (tertiary/aromatic N) is 2. The van der Waals surface area contributed by atoms with Crippen molar-refractivity contribution < 1.29 is 23.6 Å². The summed E-state index contributed by atoms with van der Waals surface area (Å²) in [6.07, 6.45) is 1.51. The predicted molar refractivity (Wildman–Crippen MR) is 67.6 cm³/mol. The zero-order valence-electron chi connectivity index (χ0n) is 9.98. The number of aromatic nitrogens is 2. The maximum atomic E-state index is 10.9. The van der Waals surface area contributed by atoms with Crippen molar-refractivity contribution >= 4 is 17.3 Å². The lowest BCUT2D eigenvalue weighted by molar-refractivity contribution is 0.0697. The number of thiophene rings is 1. The van der Waals surface area contributed by atoms with Gasteiger partial charge in [-0.25, -0.2) is 4.79 Å². The first-order valence-corrected chi connectivity index (χ1v) is 6.42. The van der Waals surface area contributed by atoms with Crippen LogP contribution in [0.4, 0.5) is 0 Å². The van der Waals surface area contributed by atoms with Crippen LogP contribution in [0.25, 0.3) is 11.6 Å². The molecule has 0 amide bonds. The third-order valence-corrected chi connectivity index (χ3v) is 3.27. The molecular formula is C12H8N2O5S. The minimum Gasteiger partial charge on any atom is -0.482 e. The molecular weight excluding hydrogens is 284 g/mol. The highest BCUT2D eigenvalue weighted by Crippen LogP contribution is 2.25. The van der Waals surface area contributed by atoms with Gasteiger partial charge in [0.25, 0.3) is 5.89 Å². The summed E-state index contributed by atoms with van der Waals surface area (Å²) in [5.74, 6) is 0.287. The van der Waals surface area contributed by atoms with Gasteiger partial charge in [0, 0.05) is 0 Å². The van der Waals surface area contributed by atoms with E-state index in [9.17, 15) is 4.79 Å². The van der Waals surface area contributed by atoms with Crippen molar-refractivity contribution in [3.63, 3.8) is 0 Å². The summed E-state index contributed by atoms with van der Waals surface area (Å²) in [6.45, 7) is -0.00920. The summed E-state index contributed by atoms with van der Waals surface area (Å²) in [7, 11) is 0. The molecule has 0 saturated heterocycles. The number of ether oxygens (including phenoxy) is 1. The lowest BCUT2D eigenvalue weighted by Crippen LogP contribution is -2.00. The summed E-state index contributed by atoms with van der Waals surface area (Å²) in [6, 6.07) is 5.00. The largest absolute Gasteiger partial charge is 0.482 e. The zero-order chi connectivity index (χ0) is 13.9. The standard InChI is InChI=1S/C12H8N2O5S/c15-12(16)10-7(3-5-20-10)18-6-9-13-11(14-19-9)8-2-1-4-17-8/h1-5H,6H2,(H,15,16). The minimum atomic E-state index is -1.03. The van der Waals surface area contributed by atoms with E-state index in [-0.39, 0.29) is 23.1 Å². The molecule has 0 unspecified atom stereocenters. The molecule has 0 radical (unpaired) electrons. The van der Waals surface area contributed by atoms with Gasteiger partial charge in [-0.1, -0.05) is 5.16 Å². The Labute approximate surface area is 116 Å². The number of furan rings is 1. The second-order valence-electron chi connectivity index (χ2n) is 3.70. The van der Waals surface area contributed by atoms with E-state index >= 15 is 0 Å². The predicted octanol–water partition coefficient (Wildman–Crippen LogP) is 2.67. The minimum absolute atomic E-state index is 0.00920. The second kappa shape index (κ2) is 5.17. The van der Waals surface area contributed by atoms with Crippen LogP contribution in [0.5, 0.6) is 5.75 Å². The fourth-order valence-corrected chi connectivity index (χ4v) is 2.20. The van der Waals surface area contributed by atoms with Crippen LogP contribution in [0.1, 0.15) is 15.6 Å². The van der Waals surface area contributed by atoms with Crippen LogP contribution >= 0.6 is 11.3 Å². The number of hydrogen-bond donors (Lipinski definition) is 1. The summed E-state index contributed by atoms with van der Waals surface area (Å²) in [5, 5.41) is 14.3. The molecule has 1 N–H and O–H groups in total. The van der Waals surface area contributed by atoms with E-state index in [1.807, 2.05) is 0 Å². The van der Waals surface area contributed by atoms with Gasteiger partial charge in [0.15, 0.2) is 17.2 Å². The van der Waals surface area contributed by atoms with Crippen molar-refractivity contribution in [2.45, 2.75) is 6.61 Å². The first-order valence-electron chi connectivity index (χ1n) is 5.54. The SMILES string of the molecule is O=C(O)c1sccc1OCc1nc(-c2ccco2)no1. The van der Waals surface area contributed by atoms with Crippen molar-refractivity contribution in [3.05, 3.63) is 40.6 Å². The Morgan fingerprint density at radius 1 is 1.45 bits per heavy atom. The van der Waals surface area contributed by atoms with Gasteiger partial charge in [-0.15, -0.1) is 11.3 Å². The highest BCUT2D eigenvalue weighted by Gasteiger charge is 2.15.